The highest BCUT2D eigenvalue weighted by Gasteiger charge is 2.20. The monoisotopic (exact) mass is 278 g/mol. The fourth-order valence-corrected chi connectivity index (χ4v) is 1.98. The fourth-order valence-electron chi connectivity index (χ4n) is 1.45. The number of hydrogen-bond acceptors (Lipinski definition) is 4. The van der Waals surface area contributed by atoms with Gasteiger partial charge in [0.2, 0.25) is 0 Å². The molecule has 0 saturated carbocycles. The molecule has 0 aromatic heterocycles. The van der Waals surface area contributed by atoms with Gasteiger partial charge in [0.05, 0.1) is 18.6 Å². The van der Waals surface area contributed by atoms with E-state index in [1.54, 1.807) is 11.8 Å². The highest BCUT2D eigenvalue weighted by Crippen LogP contribution is 2.02. The smallest absolute Gasteiger partial charge is 0.278 e. The minimum atomic E-state index is -1.23. The van der Waals surface area contributed by atoms with Gasteiger partial charge in [-0.05, 0) is 31.3 Å². The molecule has 0 rings (SSSR count). The van der Waals surface area contributed by atoms with Gasteiger partial charge < -0.3 is 26.7 Å². The SMILES string of the molecule is CSCC[C@H]([NH3+])C(=O)N[C@@H](CCCC[NH3+])C(=O)[O-]. The number of carbonyl (C=O) groups excluding carboxylic acids is 2. The number of unbranched alkanes of at least 4 members (excludes halogenated alkanes) is 1. The Morgan fingerprint density at radius 1 is 1.33 bits per heavy atom. The van der Waals surface area contributed by atoms with Gasteiger partial charge in [0.25, 0.3) is 5.91 Å². The first-order chi connectivity index (χ1) is 8.52. The van der Waals surface area contributed by atoms with Crippen LogP contribution in [0, 0.1) is 0 Å². The van der Waals surface area contributed by atoms with E-state index in [1.165, 1.54) is 0 Å². The van der Waals surface area contributed by atoms with Crippen LogP contribution >= 0.6 is 11.8 Å². The van der Waals surface area contributed by atoms with Crippen LogP contribution in [0.4, 0.5) is 0 Å². The second-order valence-corrected chi connectivity index (χ2v) is 5.19. The standard InChI is InChI=1S/C11H23N3O3S/c1-18-7-5-8(13)10(15)14-9(11(16)17)4-2-3-6-12/h8-9H,2-7,12-13H2,1H3,(H,14,15)(H,16,17)/p+1/t8-,9-/m0/s1. The van der Waals surface area contributed by atoms with Gasteiger partial charge in [-0.2, -0.15) is 11.8 Å². The number of rotatable bonds is 10. The minimum absolute atomic E-state index is 0.312. The molecule has 0 spiro atoms. The van der Waals surface area contributed by atoms with Crippen molar-refractivity contribution < 1.29 is 26.2 Å². The van der Waals surface area contributed by atoms with Crippen molar-refractivity contribution in [3.8, 4) is 0 Å². The molecule has 0 radical (unpaired) electrons. The van der Waals surface area contributed by atoms with Crippen molar-refractivity contribution >= 4 is 23.6 Å². The van der Waals surface area contributed by atoms with Crippen LogP contribution in [0.15, 0.2) is 0 Å². The maximum atomic E-state index is 11.7. The topological polar surface area (TPSA) is 125 Å². The molecule has 1 amide bonds. The molecular weight excluding hydrogens is 254 g/mol. The van der Waals surface area contributed by atoms with E-state index in [9.17, 15) is 14.7 Å². The Labute approximate surface area is 112 Å². The molecule has 0 heterocycles. The number of aliphatic carboxylic acids is 1. The molecule has 7 heteroatoms. The normalized spacial score (nSPS) is 13.9. The highest BCUT2D eigenvalue weighted by molar-refractivity contribution is 7.98. The van der Waals surface area contributed by atoms with Gasteiger partial charge in [0.15, 0.2) is 6.04 Å². The second-order valence-electron chi connectivity index (χ2n) is 4.21. The Hall–Kier alpha value is -0.790. The summed E-state index contributed by atoms with van der Waals surface area (Å²) in [5.74, 6) is -0.712. The summed E-state index contributed by atoms with van der Waals surface area (Å²) in [4.78, 5) is 22.6. The number of carboxylic acids is 1. The summed E-state index contributed by atoms with van der Waals surface area (Å²) in [5.41, 5.74) is 7.42. The predicted octanol–water partition coefficient (Wildman–Crippen LogP) is -3.00. The summed E-state index contributed by atoms with van der Waals surface area (Å²) in [7, 11) is 0. The Morgan fingerprint density at radius 3 is 2.50 bits per heavy atom. The van der Waals surface area contributed by atoms with Crippen molar-refractivity contribution in [1.82, 2.24) is 5.32 Å². The summed E-state index contributed by atoms with van der Waals surface area (Å²) >= 11 is 1.63. The summed E-state index contributed by atoms with van der Waals surface area (Å²) < 4.78 is 0. The van der Waals surface area contributed by atoms with Gasteiger partial charge in [-0.3, -0.25) is 4.79 Å². The lowest BCUT2D eigenvalue weighted by atomic mass is 10.1. The number of quaternary nitrogens is 2. The van der Waals surface area contributed by atoms with E-state index in [1.807, 2.05) is 6.26 Å². The maximum Gasteiger partial charge on any atom is 0.278 e. The van der Waals surface area contributed by atoms with Gasteiger partial charge in [-0.1, -0.05) is 0 Å². The van der Waals surface area contributed by atoms with Gasteiger partial charge in [-0.25, -0.2) is 0 Å². The van der Waals surface area contributed by atoms with Crippen LogP contribution in [0.2, 0.25) is 0 Å². The molecule has 18 heavy (non-hydrogen) atoms. The van der Waals surface area contributed by atoms with Crippen molar-refractivity contribution in [3.05, 3.63) is 0 Å². The molecule has 6 nitrogen and oxygen atoms in total. The summed E-state index contributed by atoms with van der Waals surface area (Å²) in [6.45, 7) is 0.763. The first kappa shape index (κ1) is 17.2. The molecule has 0 saturated heterocycles. The largest absolute Gasteiger partial charge is 0.548 e. The van der Waals surface area contributed by atoms with Crippen LogP contribution in [-0.2, 0) is 9.59 Å². The molecule has 2 atom stereocenters. The lowest BCUT2D eigenvalue weighted by Gasteiger charge is -2.20. The molecule has 106 valence electrons. The quantitative estimate of drug-likeness (QED) is 0.368. The number of hydrogen-bond donors (Lipinski definition) is 3. The van der Waals surface area contributed by atoms with Crippen LogP contribution in [0.25, 0.3) is 0 Å². The summed E-state index contributed by atoms with van der Waals surface area (Å²) in [5, 5.41) is 13.4. The predicted molar refractivity (Wildman–Crippen MR) is 68.2 cm³/mol. The molecule has 0 aliphatic rings. The third-order valence-corrected chi connectivity index (χ3v) is 3.28. The van der Waals surface area contributed by atoms with Crippen LogP contribution < -0.4 is 21.9 Å². The molecule has 0 aliphatic carbocycles. The van der Waals surface area contributed by atoms with Crippen molar-refractivity contribution in [2.24, 2.45) is 0 Å². The van der Waals surface area contributed by atoms with E-state index >= 15 is 0 Å². The number of amides is 1. The van der Waals surface area contributed by atoms with Crippen molar-refractivity contribution in [2.45, 2.75) is 37.8 Å². The van der Waals surface area contributed by atoms with Crippen LogP contribution in [0.3, 0.4) is 0 Å². The Balaban J connectivity index is 4.14. The molecule has 0 bridgehead atoms. The van der Waals surface area contributed by atoms with Gasteiger partial charge in [-0.15, -0.1) is 0 Å². The zero-order valence-electron chi connectivity index (χ0n) is 10.9. The number of carboxylic acid groups (broad SMARTS) is 1. The maximum absolute atomic E-state index is 11.7. The molecule has 0 aromatic rings. The molecule has 0 unspecified atom stereocenters. The van der Waals surface area contributed by atoms with E-state index in [-0.39, 0.29) is 5.91 Å². The fraction of sp³-hybridized carbons (Fsp3) is 0.818. The van der Waals surface area contributed by atoms with Crippen LogP contribution in [0.5, 0.6) is 0 Å². The highest BCUT2D eigenvalue weighted by atomic mass is 32.2. The van der Waals surface area contributed by atoms with Gasteiger partial charge >= 0.3 is 0 Å². The van der Waals surface area contributed by atoms with E-state index in [4.69, 9.17) is 0 Å². The molecule has 7 N–H and O–H groups in total. The van der Waals surface area contributed by atoms with Crippen LogP contribution in [-0.4, -0.2) is 42.5 Å². The molecule has 0 aromatic carbocycles. The Bertz CT molecular complexity index is 264. The number of nitrogens with one attached hydrogen (secondary N) is 1. The van der Waals surface area contributed by atoms with Crippen molar-refractivity contribution in [1.29, 1.82) is 0 Å². The Morgan fingerprint density at radius 2 is 2.00 bits per heavy atom. The second kappa shape index (κ2) is 10.2. The van der Waals surface area contributed by atoms with Gasteiger partial charge in [0.1, 0.15) is 0 Å². The summed E-state index contributed by atoms with van der Waals surface area (Å²) in [6.07, 6.45) is 4.55. The minimum Gasteiger partial charge on any atom is -0.548 e. The lowest BCUT2D eigenvalue weighted by Crippen LogP contribution is -2.69. The average Bonchev–Trinajstić information content (AvgIpc) is 2.34. The first-order valence-electron chi connectivity index (χ1n) is 6.15. The van der Waals surface area contributed by atoms with Crippen molar-refractivity contribution in [3.63, 3.8) is 0 Å². The third kappa shape index (κ3) is 7.52. The first-order valence-corrected chi connectivity index (χ1v) is 7.54. The lowest BCUT2D eigenvalue weighted by molar-refractivity contribution is -0.404. The van der Waals surface area contributed by atoms with E-state index in [0.717, 1.165) is 25.1 Å². The zero-order valence-corrected chi connectivity index (χ0v) is 11.8. The number of thioether (sulfide) groups is 1. The zero-order chi connectivity index (χ0) is 14.0. The molecule has 0 aliphatic heterocycles. The van der Waals surface area contributed by atoms with Crippen LogP contribution in [0.1, 0.15) is 25.7 Å². The average molecular weight is 278 g/mol. The van der Waals surface area contributed by atoms with Crippen molar-refractivity contribution in [2.75, 3.05) is 18.6 Å². The van der Waals surface area contributed by atoms with E-state index in [0.29, 0.717) is 12.8 Å². The Kier molecular flexibility index (Phi) is 9.72. The molecule has 0 fully saturated rings. The summed E-state index contributed by atoms with van der Waals surface area (Å²) in [6, 6.07) is -1.32. The van der Waals surface area contributed by atoms with E-state index in [2.05, 4.69) is 16.8 Å². The van der Waals surface area contributed by atoms with Gasteiger partial charge in [0, 0.05) is 6.42 Å². The third-order valence-electron chi connectivity index (χ3n) is 2.64. The molecular formula is C11H24N3O3S+. The number of carbonyl (C=O) groups is 2. The van der Waals surface area contributed by atoms with E-state index < -0.39 is 18.1 Å².